The van der Waals surface area contributed by atoms with Crippen molar-refractivity contribution in [3.63, 3.8) is 0 Å². The van der Waals surface area contributed by atoms with Gasteiger partial charge in [-0.3, -0.25) is 14.6 Å². The van der Waals surface area contributed by atoms with Crippen LogP contribution in [0.25, 0.3) is 0 Å². The fourth-order valence-electron chi connectivity index (χ4n) is 1.52. The molecule has 0 aliphatic heterocycles. The molecule has 0 radical (unpaired) electrons. The van der Waals surface area contributed by atoms with Gasteiger partial charge in [0.05, 0.1) is 6.20 Å². The van der Waals surface area contributed by atoms with Crippen molar-refractivity contribution in [2.45, 2.75) is 6.42 Å². The Morgan fingerprint density at radius 3 is 3.06 bits per heavy atom. The normalized spacial score (nSPS) is 10.4. The van der Waals surface area contributed by atoms with Crippen molar-refractivity contribution in [3.05, 3.63) is 29.7 Å². The number of aromatic amines is 1. The first-order chi connectivity index (χ1) is 8.18. The Balaban J connectivity index is 1.86. The van der Waals surface area contributed by atoms with Crippen molar-refractivity contribution in [1.82, 2.24) is 25.3 Å². The van der Waals surface area contributed by atoms with E-state index in [9.17, 15) is 4.79 Å². The van der Waals surface area contributed by atoms with E-state index in [1.165, 1.54) is 6.20 Å². The first-order valence-corrected chi connectivity index (χ1v) is 5.22. The molecule has 17 heavy (non-hydrogen) atoms. The molecule has 2 aromatic rings. The third kappa shape index (κ3) is 2.44. The van der Waals surface area contributed by atoms with Gasteiger partial charge in [0.15, 0.2) is 0 Å². The molecule has 0 unspecified atom stereocenters. The topological polar surface area (TPSA) is 102 Å². The van der Waals surface area contributed by atoms with E-state index in [2.05, 4.69) is 20.6 Å². The van der Waals surface area contributed by atoms with E-state index in [0.717, 1.165) is 12.1 Å². The standard InChI is InChI=1S/C10H14N6O/c1-16-7(3-5-14-16)2-4-12-10(17)8-6-13-15-9(8)11/h3,5-6H,2,4H2,1H3,(H,12,17)(H3,11,13,15). The monoisotopic (exact) mass is 234 g/mol. The number of nitrogens with one attached hydrogen (secondary N) is 2. The third-order valence-corrected chi connectivity index (χ3v) is 2.50. The molecule has 0 saturated carbocycles. The molecule has 90 valence electrons. The Bertz CT molecular complexity index is 514. The second kappa shape index (κ2) is 4.69. The molecule has 2 rings (SSSR count). The second-order valence-electron chi connectivity index (χ2n) is 3.65. The van der Waals surface area contributed by atoms with Gasteiger partial charge in [-0.1, -0.05) is 0 Å². The highest BCUT2D eigenvalue weighted by Crippen LogP contribution is 2.05. The van der Waals surface area contributed by atoms with Crippen LogP contribution in [-0.4, -0.2) is 32.4 Å². The minimum Gasteiger partial charge on any atom is -0.383 e. The highest BCUT2D eigenvalue weighted by molar-refractivity contribution is 5.98. The fraction of sp³-hybridized carbons (Fsp3) is 0.300. The Kier molecular flexibility index (Phi) is 3.08. The van der Waals surface area contributed by atoms with Gasteiger partial charge < -0.3 is 11.1 Å². The lowest BCUT2D eigenvalue weighted by molar-refractivity contribution is 0.0955. The molecular formula is C10H14N6O. The summed E-state index contributed by atoms with van der Waals surface area (Å²) in [5.41, 5.74) is 6.97. The lowest BCUT2D eigenvalue weighted by Crippen LogP contribution is -2.26. The average Bonchev–Trinajstić information content (AvgIpc) is 2.88. The summed E-state index contributed by atoms with van der Waals surface area (Å²) in [7, 11) is 1.87. The van der Waals surface area contributed by atoms with E-state index in [0.29, 0.717) is 12.1 Å². The summed E-state index contributed by atoms with van der Waals surface area (Å²) >= 11 is 0. The van der Waals surface area contributed by atoms with Crippen molar-refractivity contribution in [2.24, 2.45) is 7.05 Å². The Labute approximate surface area is 98.0 Å². The molecule has 1 amide bonds. The van der Waals surface area contributed by atoms with Gasteiger partial charge in [-0.05, 0) is 6.07 Å². The largest absolute Gasteiger partial charge is 0.383 e. The van der Waals surface area contributed by atoms with Gasteiger partial charge in [0, 0.05) is 31.9 Å². The van der Waals surface area contributed by atoms with Gasteiger partial charge in [0.2, 0.25) is 0 Å². The maximum Gasteiger partial charge on any atom is 0.256 e. The van der Waals surface area contributed by atoms with Gasteiger partial charge in [-0.25, -0.2) is 0 Å². The molecule has 4 N–H and O–H groups in total. The molecule has 2 heterocycles. The first kappa shape index (κ1) is 11.2. The van der Waals surface area contributed by atoms with Crippen LogP contribution in [0, 0.1) is 0 Å². The number of carbonyl (C=O) groups is 1. The number of nitrogens with zero attached hydrogens (tertiary/aromatic N) is 3. The van der Waals surface area contributed by atoms with Crippen molar-refractivity contribution < 1.29 is 4.79 Å². The average molecular weight is 234 g/mol. The first-order valence-electron chi connectivity index (χ1n) is 5.22. The molecule has 7 heteroatoms. The molecule has 2 aromatic heterocycles. The number of aromatic nitrogens is 4. The van der Waals surface area contributed by atoms with Gasteiger partial charge in [-0.15, -0.1) is 0 Å². The van der Waals surface area contributed by atoms with Crippen LogP contribution in [0.3, 0.4) is 0 Å². The minimum atomic E-state index is -0.224. The van der Waals surface area contributed by atoms with Crippen molar-refractivity contribution in [2.75, 3.05) is 12.3 Å². The zero-order valence-electron chi connectivity index (χ0n) is 9.47. The number of hydrogen-bond acceptors (Lipinski definition) is 4. The molecule has 7 nitrogen and oxygen atoms in total. The Hall–Kier alpha value is -2.31. The predicted molar refractivity (Wildman–Crippen MR) is 62.2 cm³/mol. The van der Waals surface area contributed by atoms with Crippen LogP contribution in [0.2, 0.25) is 0 Å². The van der Waals surface area contributed by atoms with Crippen molar-refractivity contribution in [3.8, 4) is 0 Å². The van der Waals surface area contributed by atoms with Gasteiger partial charge in [-0.2, -0.15) is 10.2 Å². The summed E-state index contributed by atoms with van der Waals surface area (Å²) in [6.45, 7) is 0.531. The lowest BCUT2D eigenvalue weighted by Gasteiger charge is -2.04. The van der Waals surface area contributed by atoms with Gasteiger partial charge in [0.25, 0.3) is 5.91 Å². The molecule has 0 spiro atoms. The number of nitrogen functional groups attached to an aromatic ring is 1. The SMILES string of the molecule is Cn1nccc1CCNC(=O)c1cn[nH]c1N. The van der Waals surface area contributed by atoms with E-state index in [1.807, 2.05) is 13.1 Å². The molecule has 0 fully saturated rings. The molecule has 0 aromatic carbocycles. The number of anilines is 1. The predicted octanol–water partition coefficient (Wildman–Crippen LogP) is -0.302. The molecule has 0 aliphatic rings. The zero-order chi connectivity index (χ0) is 12.3. The number of H-pyrrole nitrogens is 1. The summed E-state index contributed by atoms with van der Waals surface area (Å²) in [6, 6.07) is 1.92. The maximum absolute atomic E-state index is 11.7. The van der Waals surface area contributed by atoms with Crippen molar-refractivity contribution >= 4 is 11.7 Å². The smallest absolute Gasteiger partial charge is 0.256 e. The lowest BCUT2D eigenvalue weighted by atomic mass is 10.2. The van der Waals surface area contributed by atoms with Crippen LogP contribution in [0.5, 0.6) is 0 Å². The van der Waals surface area contributed by atoms with Crippen LogP contribution in [-0.2, 0) is 13.5 Å². The highest BCUT2D eigenvalue weighted by atomic mass is 16.1. The molecule has 0 saturated heterocycles. The maximum atomic E-state index is 11.7. The number of hydrogen-bond donors (Lipinski definition) is 3. The summed E-state index contributed by atoms with van der Waals surface area (Å²) in [6.07, 6.45) is 3.86. The van der Waals surface area contributed by atoms with Gasteiger partial charge >= 0.3 is 0 Å². The highest BCUT2D eigenvalue weighted by Gasteiger charge is 2.10. The Morgan fingerprint density at radius 1 is 1.65 bits per heavy atom. The third-order valence-electron chi connectivity index (χ3n) is 2.50. The molecule has 0 bridgehead atoms. The zero-order valence-corrected chi connectivity index (χ0v) is 9.47. The van der Waals surface area contributed by atoms with E-state index in [-0.39, 0.29) is 11.7 Å². The molecule has 0 atom stereocenters. The summed E-state index contributed by atoms with van der Waals surface area (Å²) in [5.74, 6) is 0.0569. The summed E-state index contributed by atoms with van der Waals surface area (Å²) < 4.78 is 1.78. The van der Waals surface area contributed by atoms with Crippen LogP contribution < -0.4 is 11.1 Å². The minimum absolute atomic E-state index is 0.224. The number of carbonyl (C=O) groups excluding carboxylic acids is 1. The van der Waals surface area contributed by atoms with Crippen LogP contribution >= 0.6 is 0 Å². The van der Waals surface area contributed by atoms with E-state index in [4.69, 9.17) is 5.73 Å². The fourth-order valence-corrected chi connectivity index (χ4v) is 1.52. The van der Waals surface area contributed by atoms with Crippen LogP contribution in [0.1, 0.15) is 16.1 Å². The van der Waals surface area contributed by atoms with E-state index >= 15 is 0 Å². The Morgan fingerprint density at radius 2 is 2.47 bits per heavy atom. The second-order valence-corrected chi connectivity index (χ2v) is 3.65. The molecular weight excluding hydrogens is 220 g/mol. The summed E-state index contributed by atoms with van der Waals surface area (Å²) in [5, 5.41) is 13.0. The van der Waals surface area contributed by atoms with Crippen LogP contribution in [0.4, 0.5) is 5.82 Å². The van der Waals surface area contributed by atoms with Crippen LogP contribution in [0.15, 0.2) is 18.5 Å². The van der Waals surface area contributed by atoms with Gasteiger partial charge in [0.1, 0.15) is 11.4 Å². The van der Waals surface area contributed by atoms with E-state index in [1.54, 1.807) is 10.9 Å². The quantitative estimate of drug-likeness (QED) is 0.675. The van der Waals surface area contributed by atoms with Crippen molar-refractivity contribution in [1.29, 1.82) is 0 Å². The number of aryl methyl sites for hydroxylation is 1. The summed E-state index contributed by atoms with van der Waals surface area (Å²) in [4.78, 5) is 11.7. The number of amides is 1. The number of rotatable bonds is 4. The number of nitrogens with two attached hydrogens (primary N) is 1. The molecule has 0 aliphatic carbocycles. The van der Waals surface area contributed by atoms with E-state index < -0.39 is 0 Å².